The molecule has 0 bridgehead atoms. The first-order chi connectivity index (χ1) is 14.4. The molecule has 0 aliphatic heterocycles. The van der Waals surface area contributed by atoms with E-state index in [1.807, 2.05) is 13.2 Å². The molecule has 7 nitrogen and oxygen atoms in total. The molecular weight excluding hydrogens is 456 g/mol. The maximum Gasteiger partial charge on any atom is 0.241 e. The summed E-state index contributed by atoms with van der Waals surface area (Å²) in [4.78, 5) is 13.1. The minimum atomic E-state index is -3.89. The van der Waals surface area contributed by atoms with Crippen molar-refractivity contribution in [2.75, 3.05) is 17.8 Å². The molecule has 0 radical (unpaired) electrons. The van der Waals surface area contributed by atoms with E-state index in [4.69, 9.17) is 0 Å². The third-order valence-electron chi connectivity index (χ3n) is 4.68. The Morgan fingerprint density at radius 2 is 1.58 bits per heavy atom. The quantitative estimate of drug-likeness (QED) is 0.524. The molecule has 0 saturated heterocycles. The van der Waals surface area contributed by atoms with Gasteiger partial charge in [-0.25, -0.2) is 21.6 Å². The van der Waals surface area contributed by atoms with Crippen molar-refractivity contribution >= 4 is 43.2 Å². The van der Waals surface area contributed by atoms with Crippen molar-refractivity contribution in [3.05, 3.63) is 48.0 Å². The highest BCUT2D eigenvalue weighted by atomic mass is 32.2. The summed E-state index contributed by atoms with van der Waals surface area (Å²) in [5.74, 6) is -0.442. The van der Waals surface area contributed by atoms with Crippen LogP contribution in [0.5, 0.6) is 0 Å². The molecule has 2 aromatic carbocycles. The number of rotatable bonds is 9. The molecule has 2 aromatic rings. The fourth-order valence-corrected chi connectivity index (χ4v) is 5.32. The summed E-state index contributed by atoms with van der Waals surface area (Å²) in [5.41, 5.74) is 1.10. The number of benzene rings is 2. The van der Waals surface area contributed by atoms with Crippen molar-refractivity contribution in [3.63, 3.8) is 0 Å². The highest BCUT2D eigenvalue weighted by Gasteiger charge is 2.22. The normalized spacial score (nSPS) is 13.2. The zero-order valence-corrected chi connectivity index (χ0v) is 20.6. The van der Waals surface area contributed by atoms with Crippen molar-refractivity contribution in [3.8, 4) is 0 Å². The number of hydrogen-bond donors (Lipinski definition) is 2. The van der Waals surface area contributed by atoms with Gasteiger partial charge < -0.3 is 5.32 Å². The smallest absolute Gasteiger partial charge is 0.241 e. The molecule has 0 saturated carbocycles. The molecule has 2 N–H and O–H groups in total. The van der Waals surface area contributed by atoms with Crippen LogP contribution in [0.1, 0.15) is 38.8 Å². The van der Waals surface area contributed by atoms with E-state index in [0.29, 0.717) is 17.7 Å². The zero-order valence-electron chi connectivity index (χ0n) is 18.2. The lowest BCUT2D eigenvalue weighted by Crippen LogP contribution is -2.28. The van der Waals surface area contributed by atoms with Crippen LogP contribution in [0.15, 0.2) is 57.2 Å². The van der Waals surface area contributed by atoms with Gasteiger partial charge in [0.1, 0.15) is 0 Å². The lowest BCUT2D eigenvalue weighted by Gasteiger charge is -2.19. The van der Waals surface area contributed by atoms with Gasteiger partial charge in [-0.3, -0.25) is 4.79 Å². The fraction of sp³-hybridized carbons (Fsp3) is 0.381. The van der Waals surface area contributed by atoms with E-state index in [-0.39, 0.29) is 21.6 Å². The van der Waals surface area contributed by atoms with Crippen molar-refractivity contribution in [1.82, 2.24) is 4.72 Å². The molecule has 170 valence electrons. The Labute approximate surface area is 189 Å². The second kappa shape index (κ2) is 10.2. The summed E-state index contributed by atoms with van der Waals surface area (Å²) < 4.78 is 52.1. The van der Waals surface area contributed by atoms with Crippen molar-refractivity contribution < 1.29 is 21.6 Å². The largest absolute Gasteiger partial charge is 0.325 e. The van der Waals surface area contributed by atoms with E-state index in [0.717, 1.165) is 11.2 Å². The molecule has 0 aliphatic carbocycles. The van der Waals surface area contributed by atoms with Crippen LogP contribution in [0.4, 0.5) is 5.69 Å². The molecule has 1 unspecified atom stereocenters. The number of amides is 1. The van der Waals surface area contributed by atoms with Crippen molar-refractivity contribution in [2.45, 2.75) is 47.9 Å². The standard InChI is InChI=1S/C21H28N2O5S3/c1-6-18(15-7-9-16(10-8-15)30(5,25)26)23-31(27,28)17-11-12-20(29-4)19(13-17)22-21(24)14(2)3/h7-14,18,23H,6H2,1-5H3,(H,22,24). The van der Waals surface area contributed by atoms with Crippen molar-refractivity contribution in [2.24, 2.45) is 5.92 Å². The molecule has 0 fully saturated rings. The van der Waals surface area contributed by atoms with Gasteiger partial charge in [0.2, 0.25) is 15.9 Å². The van der Waals surface area contributed by atoms with Crippen LogP contribution in [0, 0.1) is 5.92 Å². The number of thioether (sulfide) groups is 1. The molecule has 10 heteroatoms. The number of sulfonamides is 1. The van der Waals surface area contributed by atoms with Gasteiger partial charge in [0.15, 0.2) is 9.84 Å². The summed E-state index contributed by atoms with van der Waals surface area (Å²) in [6, 6.07) is 10.2. The number of carbonyl (C=O) groups excluding carboxylic acids is 1. The predicted molar refractivity (Wildman–Crippen MR) is 125 cm³/mol. The molecule has 0 aliphatic rings. The number of anilines is 1. The number of nitrogens with one attached hydrogen (secondary N) is 2. The third kappa shape index (κ3) is 6.55. The molecule has 31 heavy (non-hydrogen) atoms. The number of carbonyl (C=O) groups is 1. The topological polar surface area (TPSA) is 109 Å². The first kappa shape index (κ1) is 25.4. The Balaban J connectivity index is 2.34. The van der Waals surface area contributed by atoms with E-state index in [9.17, 15) is 21.6 Å². The van der Waals surface area contributed by atoms with Crippen LogP contribution in [0.25, 0.3) is 0 Å². The van der Waals surface area contributed by atoms with Gasteiger partial charge in [0.25, 0.3) is 0 Å². The molecule has 0 spiro atoms. The molecular formula is C21H28N2O5S3. The number of sulfone groups is 1. The second-order valence-electron chi connectivity index (χ2n) is 7.43. The summed E-state index contributed by atoms with van der Waals surface area (Å²) in [6.45, 7) is 5.36. The van der Waals surface area contributed by atoms with Crippen LogP contribution < -0.4 is 10.0 Å². The van der Waals surface area contributed by atoms with Gasteiger partial charge in [0.05, 0.1) is 15.5 Å². The first-order valence-corrected chi connectivity index (χ1v) is 14.3. The Hall–Kier alpha value is -1.88. The second-order valence-corrected chi connectivity index (χ2v) is 12.0. The minimum absolute atomic E-state index is 0.0376. The van der Waals surface area contributed by atoms with Crippen LogP contribution in [-0.4, -0.2) is 35.3 Å². The average molecular weight is 485 g/mol. The Kier molecular flexibility index (Phi) is 8.32. The van der Waals surface area contributed by atoms with E-state index in [1.54, 1.807) is 32.0 Å². The van der Waals surface area contributed by atoms with E-state index in [2.05, 4.69) is 10.0 Å². The summed E-state index contributed by atoms with van der Waals surface area (Å²) in [6.07, 6.45) is 3.44. The molecule has 0 heterocycles. The zero-order chi connectivity index (χ0) is 23.4. The molecule has 1 atom stereocenters. The van der Waals surface area contributed by atoms with Gasteiger partial charge in [-0.15, -0.1) is 11.8 Å². The SMILES string of the molecule is CCC(NS(=O)(=O)c1ccc(SC)c(NC(=O)C(C)C)c1)c1ccc(S(C)(=O)=O)cc1. The predicted octanol–water partition coefficient (Wildman–Crippen LogP) is 3.84. The van der Waals surface area contributed by atoms with Crippen LogP contribution >= 0.6 is 11.8 Å². The van der Waals surface area contributed by atoms with E-state index >= 15 is 0 Å². The first-order valence-electron chi connectivity index (χ1n) is 9.70. The van der Waals surface area contributed by atoms with Crippen LogP contribution in [-0.2, 0) is 24.7 Å². The summed E-state index contributed by atoms with van der Waals surface area (Å²) in [5, 5.41) is 2.78. The Morgan fingerprint density at radius 1 is 1.00 bits per heavy atom. The Morgan fingerprint density at radius 3 is 2.06 bits per heavy atom. The summed E-state index contributed by atoms with van der Waals surface area (Å²) >= 11 is 1.41. The van der Waals surface area contributed by atoms with Gasteiger partial charge in [-0.2, -0.15) is 0 Å². The fourth-order valence-electron chi connectivity index (χ4n) is 2.82. The van der Waals surface area contributed by atoms with Crippen LogP contribution in [0.3, 0.4) is 0 Å². The summed E-state index contributed by atoms with van der Waals surface area (Å²) in [7, 11) is -7.22. The van der Waals surface area contributed by atoms with Gasteiger partial charge in [0, 0.05) is 23.1 Å². The number of hydrogen-bond acceptors (Lipinski definition) is 6. The lowest BCUT2D eigenvalue weighted by molar-refractivity contribution is -0.118. The van der Waals surface area contributed by atoms with Gasteiger partial charge in [-0.05, 0) is 48.6 Å². The highest BCUT2D eigenvalue weighted by Crippen LogP contribution is 2.30. The monoisotopic (exact) mass is 484 g/mol. The molecule has 0 aromatic heterocycles. The van der Waals surface area contributed by atoms with Gasteiger partial charge >= 0.3 is 0 Å². The maximum absolute atomic E-state index is 13.0. The van der Waals surface area contributed by atoms with Crippen molar-refractivity contribution in [1.29, 1.82) is 0 Å². The highest BCUT2D eigenvalue weighted by molar-refractivity contribution is 7.98. The molecule has 1 amide bonds. The minimum Gasteiger partial charge on any atom is -0.325 e. The third-order valence-corrected chi connectivity index (χ3v) is 8.07. The van der Waals surface area contributed by atoms with Crippen LogP contribution in [0.2, 0.25) is 0 Å². The van der Waals surface area contributed by atoms with Gasteiger partial charge in [-0.1, -0.05) is 32.9 Å². The lowest BCUT2D eigenvalue weighted by atomic mass is 10.1. The average Bonchev–Trinajstić information content (AvgIpc) is 2.71. The maximum atomic E-state index is 13.0. The van der Waals surface area contributed by atoms with E-state index in [1.165, 1.54) is 36.0 Å². The van der Waals surface area contributed by atoms with E-state index < -0.39 is 25.9 Å². The molecule has 2 rings (SSSR count). The Bertz CT molecular complexity index is 1140.